The van der Waals surface area contributed by atoms with Crippen LogP contribution in [0.3, 0.4) is 0 Å². The molecule has 2 atom stereocenters. The quantitative estimate of drug-likeness (QED) is 0.631. The third-order valence-electron chi connectivity index (χ3n) is 3.64. The normalized spacial score (nSPS) is 14.1. The van der Waals surface area contributed by atoms with Crippen molar-refractivity contribution in [3.63, 3.8) is 0 Å². The number of hydrogen-bond acceptors (Lipinski definition) is 3. The maximum absolute atomic E-state index is 5.93. The van der Waals surface area contributed by atoms with Crippen molar-refractivity contribution in [3.8, 4) is 0 Å². The van der Waals surface area contributed by atoms with Crippen molar-refractivity contribution in [2.24, 2.45) is 0 Å². The van der Waals surface area contributed by atoms with E-state index >= 15 is 0 Å². The first kappa shape index (κ1) is 18.1. The van der Waals surface area contributed by atoms with Gasteiger partial charge in [-0.3, -0.25) is 0 Å². The van der Waals surface area contributed by atoms with Gasteiger partial charge in [0, 0.05) is 6.61 Å². The van der Waals surface area contributed by atoms with Crippen LogP contribution in [-0.2, 0) is 15.9 Å². The lowest BCUT2D eigenvalue weighted by atomic mass is 10.00. The van der Waals surface area contributed by atoms with Crippen LogP contribution in [0.2, 0.25) is 0 Å². The molecule has 0 aromatic heterocycles. The minimum atomic E-state index is 0.129. The molecule has 0 saturated carbocycles. The predicted molar refractivity (Wildman–Crippen MR) is 88.8 cm³/mol. The van der Waals surface area contributed by atoms with Crippen molar-refractivity contribution in [2.75, 3.05) is 26.4 Å². The van der Waals surface area contributed by atoms with E-state index in [0.29, 0.717) is 13.2 Å². The Morgan fingerprint density at radius 2 is 1.76 bits per heavy atom. The van der Waals surface area contributed by atoms with Crippen LogP contribution >= 0.6 is 0 Å². The fraction of sp³-hybridized carbons (Fsp3) is 0.667. The van der Waals surface area contributed by atoms with E-state index in [9.17, 15) is 0 Å². The Morgan fingerprint density at radius 3 is 2.33 bits per heavy atom. The molecule has 21 heavy (non-hydrogen) atoms. The zero-order valence-corrected chi connectivity index (χ0v) is 14.0. The van der Waals surface area contributed by atoms with E-state index in [2.05, 4.69) is 50.4 Å². The molecule has 2 unspecified atom stereocenters. The highest BCUT2D eigenvalue weighted by Gasteiger charge is 2.19. The number of hydrogen-bond donors (Lipinski definition) is 1. The van der Waals surface area contributed by atoms with Crippen molar-refractivity contribution < 1.29 is 9.47 Å². The Morgan fingerprint density at radius 1 is 1.05 bits per heavy atom. The van der Waals surface area contributed by atoms with Crippen LogP contribution in [0.15, 0.2) is 24.3 Å². The molecule has 0 saturated heterocycles. The molecule has 1 rings (SSSR count). The zero-order valence-electron chi connectivity index (χ0n) is 14.0. The number of ether oxygens (including phenoxy) is 2. The minimum absolute atomic E-state index is 0.129. The van der Waals surface area contributed by atoms with Crippen molar-refractivity contribution in [1.29, 1.82) is 0 Å². The summed E-state index contributed by atoms with van der Waals surface area (Å²) in [4.78, 5) is 0. The van der Waals surface area contributed by atoms with Gasteiger partial charge in [-0.15, -0.1) is 0 Å². The van der Waals surface area contributed by atoms with Gasteiger partial charge in [-0.2, -0.15) is 0 Å². The standard InChI is InChI=1S/C18H31NO2/c1-5-12-19-18(15(4)21-14-13-20-7-3)17-10-8-16(6-2)9-11-17/h8-11,15,18-19H,5-7,12-14H2,1-4H3. The van der Waals surface area contributed by atoms with Crippen LogP contribution in [0.1, 0.15) is 51.3 Å². The topological polar surface area (TPSA) is 30.5 Å². The summed E-state index contributed by atoms with van der Waals surface area (Å²) < 4.78 is 11.3. The van der Waals surface area contributed by atoms with E-state index < -0.39 is 0 Å². The van der Waals surface area contributed by atoms with Crippen LogP contribution in [0.5, 0.6) is 0 Å². The molecule has 0 aliphatic carbocycles. The van der Waals surface area contributed by atoms with Gasteiger partial charge in [0.15, 0.2) is 0 Å². The smallest absolute Gasteiger partial charge is 0.0742 e. The monoisotopic (exact) mass is 293 g/mol. The van der Waals surface area contributed by atoms with Crippen LogP contribution in [-0.4, -0.2) is 32.5 Å². The molecule has 0 aliphatic heterocycles. The highest BCUT2D eigenvalue weighted by Crippen LogP contribution is 2.20. The van der Waals surface area contributed by atoms with E-state index in [1.807, 2.05) is 6.92 Å². The summed E-state index contributed by atoms with van der Waals surface area (Å²) in [6, 6.07) is 9.09. The fourth-order valence-corrected chi connectivity index (χ4v) is 2.35. The van der Waals surface area contributed by atoms with Crippen molar-refractivity contribution in [3.05, 3.63) is 35.4 Å². The third kappa shape index (κ3) is 6.60. The van der Waals surface area contributed by atoms with Crippen molar-refractivity contribution >= 4 is 0 Å². The lowest BCUT2D eigenvalue weighted by molar-refractivity contribution is -0.00118. The van der Waals surface area contributed by atoms with Crippen LogP contribution in [0.25, 0.3) is 0 Å². The highest BCUT2D eigenvalue weighted by atomic mass is 16.5. The summed E-state index contributed by atoms with van der Waals surface area (Å²) in [7, 11) is 0. The zero-order chi connectivity index (χ0) is 15.5. The second-order valence-corrected chi connectivity index (χ2v) is 5.30. The van der Waals surface area contributed by atoms with Gasteiger partial charge in [0.25, 0.3) is 0 Å². The van der Waals surface area contributed by atoms with E-state index in [4.69, 9.17) is 9.47 Å². The SMILES string of the molecule is CCCNC(c1ccc(CC)cc1)C(C)OCCOCC. The Labute approximate surface area is 130 Å². The lowest BCUT2D eigenvalue weighted by Crippen LogP contribution is -2.33. The first-order chi connectivity index (χ1) is 10.2. The van der Waals surface area contributed by atoms with Gasteiger partial charge in [0.05, 0.1) is 25.4 Å². The fourth-order valence-electron chi connectivity index (χ4n) is 2.35. The first-order valence-electron chi connectivity index (χ1n) is 8.24. The average Bonchev–Trinajstić information content (AvgIpc) is 2.52. The van der Waals surface area contributed by atoms with Crippen LogP contribution in [0, 0.1) is 0 Å². The lowest BCUT2D eigenvalue weighted by Gasteiger charge is -2.26. The van der Waals surface area contributed by atoms with E-state index in [-0.39, 0.29) is 12.1 Å². The maximum atomic E-state index is 5.93. The number of nitrogens with one attached hydrogen (secondary N) is 1. The molecule has 0 spiro atoms. The molecule has 0 heterocycles. The summed E-state index contributed by atoms with van der Waals surface area (Å²) in [5.41, 5.74) is 2.67. The summed E-state index contributed by atoms with van der Waals surface area (Å²) in [5.74, 6) is 0. The van der Waals surface area contributed by atoms with Gasteiger partial charge >= 0.3 is 0 Å². The van der Waals surface area contributed by atoms with Gasteiger partial charge in [0.2, 0.25) is 0 Å². The molecule has 1 aromatic rings. The second-order valence-electron chi connectivity index (χ2n) is 5.30. The minimum Gasteiger partial charge on any atom is -0.379 e. The largest absolute Gasteiger partial charge is 0.379 e. The molecule has 0 bridgehead atoms. The maximum Gasteiger partial charge on any atom is 0.0742 e. The van der Waals surface area contributed by atoms with Crippen molar-refractivity contribution in [1.82, 2.24) is 5.32 Å². The predicted octanol–water partition coefficient (Wildman–Crippen LogP) is 3.73. The first-order valence-corrected chi connectivity index (χ1v) is 8.24. The molecule has 1 aromatic carbocycles. The highest BCUT2D eigenvalue weighted by molar-refractivity contribution is 5.25. The van der Waals surface area contributed by atoms with Crippen LogP contribution in [0.4, 0.5) is 0 Å². The molecular formula is C18H31NO2. The Bertz CT molecular complexity index is 364. The molecule has 0 amide bonds. The Balaban J connectivity index is 2.63. The Kier molecular flexibility index (Phi) is 9.31. The third-order valence-corrected chi connectivity index (χ3v) is 3.64. The molecule has 1 N–H and O–H groups in total. The number of benzene rings is 1. The van der Waals surface area contributed by atoms with Crippen LogP contribution < -0.4 is 5.32 Å². The van der Waals surface area contributed by atoms with Gasteiger partial charge in [-0.1, -0.05) is 38.1 Å². The summed E-state index contributed by atoms with van der Waals surface area (Å²) in [6.07, 6.45) is 2.33. The van der Waals surface area contributed by atoms with E-state index in [1.54, 1.807) is 0 Å². The van der Waals surface area contributed by atoms with Gasteiger partial charge in [-0.25, -0.2) is 0 Å². The molecular weight excluding hydrogens is 262 g/mol. The Hall–Kier alpha value is -0.900. The summed E-state index contributed by atoms with van der Waals surface area (Å²) >= 11 is 0. The van der Waals surface area contributed by atoms with Crippen molar-refractivity contribution in [2.45, 2.75) is 52.7 Å². The summed E-state index contributed by atoms with van der Waals surface area (Å²) in [5, 5.41) is 3.60. The van der Waals surface area contributed by atoms with E-state index in [1.165, 1.54) is 11.1 Å². The molecule has 0 aliphatic rings. The molecule has 3 nitrogen and oxygen atoms in total. The van der Waals surface area contributed by atoms with Gasteiger partial charge in [0.1, 0.15) is 0 Å². The molecule has 120 valence electrons. The second kappa shape index (κ2) is 10.8. The molecule has 0 fully saturated rings. The van der Waals surface area contributed by atoms with E-state index in [0.717, 1.165) is 26.0 Å². The number of rotatable bonds is 11. The molecule has 3 heteroatoms. The average molecular weight is 293 g/mol. The number of aryl methyl sites for hydroxylation is 1. The molecule has 0 radical (unpaired) electrons. The van der Waals surface area contributed by atoms with Gasteiger partial charge in [-0.05, 0) is 44.4 Å². The van der Waals surface area contributed by atoms with Gasteiger partial charge < -0.3 is 14.8 Å². The summed E-state index contributed by atoms with van der Waals surface area (Å²) in [6.45, 7) is 11.6.